The minimum absolute atomic E-state index is 0.114. The molecule has 2 fully saturated rings. The number of piperidine rings is 1. The van der Waals surface area contributed by atoms with E-state index in [2.05, 4.69) is 39.6 Å². The fraction of sp³-hybridized carbons (Fsp3) is 0.435. The van der Waals surface area contributed by atoms with Crippen molar-refractivity contribution in [2.75, 3.05) is 11.9 Å². The quantitative estimate of drug-likeness (QED) is 0.564. The van der Waals surface area contributed by atoms with Gasteiger partial charge in [-0.1, -0.05) is 0 Å². The SMILES string of the molecule is [2H]C([2H])([2H])N(c1ccc(-c2c(O)cc(-c3cn[nH]c3)c(F)c2F)nn1)C1C[C@]2(C)CC[C@](C)(C1)N2. The first-order valence-electron chi connectivity index (χ1n) is 12.0. The highest BCUT2D eigenvalue weighted by molar-refractivity contribution is 5.75. The number of fused-ring (bicyclic) bond motifs is 2. The van der Waals surface area contributed by atoms with Crippen molar-refractivity contribution in [1.29, 1.82) is 0 Å². The van der Waals surface area contributed by atoms with E-state index in [0.29, 0.717) is 12.8 Å². The predicted molar refractivity (Wildman–Crippen MR) is 117 cm³/mol. The minimum atomic E-state index is -2.48. The summed E-state index contributed by atoms with van der Waals surface area (Å²) in [5.41, 5.74) is -0.782. The van der Waals surface area contributed by atoms with Gasteiger partial charge in [-0.3, -0.25) is 5.10 Å². The van der Waals surface area contributed by atoms with E-state index in [4.69, 9.17) is 4.11 Å². The number of rotatable bonds is 4. The van der Waals surface area contributed by atoms with E-state index in [9.17, 15) is 13.9 Å². The lowest BCUT2D eigenvalue weighted by Gasteiger charge is -2.45. The van der Waals surface area contributed by atoms with E-state index in [1.165, 1.54) is 29.4 Å². The van der Waals surface area contributed by atoms with Crippen LogP contribution in [0.4, 0.5) is 14.6 Å². The van der Waals surface area contributed by atoms with Gasteiger partial charge < -0.3 is 15.3 Å². The van der Waals surface area contributed by atoms with Crippen molar-refractivity contribution in [3.05, 3.63) is 42.2 Å². The fourth-order valence-corrected chi connectivity index (χ4v) is 5.25. The van der Waals surface area contributed by atoms with Crippen molar-refractivity contribution in [2.45, 2.75) is 56.7 Å². The average Bonchev–Trinajstić information content (AvgIpc) is 3.36. The number of anilines is 1. The number of phenolic OH excluding ortho intramolecular Hbond substituents is 1. The average molecular weight is 444 g/mol. The largest absolute Gasteiger partial charge is 0.507 e. The third-order valence-electron chi connectivity index (χ3n) is 6.72. The predicted octanol–water partition coefficient (Wildman–Crippen LogP) is 4.02. The Morgan fingerprint density at radius 2 is 1.91 bits per heavy atom. The molecule has 2 aliphatic rings. The molecule has 0 aliphatic carbocycles. The van der Waals surface area contributed by atoms with Crippen molar-refractivity contribution in [3.8, 4) is 28.1 Å². The smallest absolute Gasteiger partial charge is 0.172 e. The second-order valence-corrected chi connectivity index (χ2v) is 9.39. The van der Waals surface area contributed by atoms with Crippen molar-refractivity contribution in [1.82, 2.24) is 25.7 Å². The lowest BCUT2D eigenvalue weighted by molar-refractivity contribution is 0.207. The summed E-state index contributed by atoms with van der Waals surface area (Å²) < 4.78 is 54.2. The Morgan fingerprint density at radius 1 is 1.16 bits per heavy atom. The number of hydrogen-bond donors (Lipinski definition) is 3. The van der Waals surface area contributed by atoms with Gasteiger partial charge in [-0.15, -0.1) is 10.2 Å². The number of nitrogens with one attached hydrogen (secondary N) is 2. The summed E-state index contributed by atoms with van der Waals surface area (Å²) in [6, 6.07) is 3.55. The Labute approximate surface area is 189 Å². The van der Waals surface area contributed by atoms with Gasteiger partial charge >= 0.3 is 0 Å². The molecule has 2 aliphatic heterocycles. The van der Waals surface area contributed by atoms with Gasteiger partial charge in [0.25, 0.3) is 0 Å². The first-order chi connectivity index (χ1) is 16.4. The molecule has 0 spiro atoms. The van der Waals surface area contributed by atoms with Crippen LogP contribution in [-0.2, 0) is 0 Å². The summed E-state index contributed by atoms with van der Waals surface area (Å²) in [5.74, 6) is -2.86. The van der Waals surface area contributed by atoms with Crippen molar-refractivity contribution in [3.63, 3.8) is 0 Å². The van der Waals surface area contributed by atoms with Crippen molar-refractivity contribution in [2.24, 2.45) is 0 Å². The molecule has 3 atom stereocenters. The standard InChI is InChI=1S/C23H26F2N6O/c1-22-6-7-23(2,30-22)10-14(9-22)31(3)18-5-4-16(28-29-18)19-17(32)8-15(20(24)21(19)25)13-11-26-27-12-13/h4-5,8,11-12,14,30,32H,6-7,9-10H2,1-3H3,(H,26,27)/t14?,22-,23+/i3D3. The summed E-state index contributed by atoms with van der Waals surface area (Å²) in [6.45, 7) is 1.73. The molecular weight excluding hydrogens is 414 g/mol. The van der Waals surface area contributed by atoms with E-state index in [1.807, 2.05) is 0 Å². The van der Waals surface area contributed by atoms with Gasteiger partial charge in [0.1, 0.15) is 5.75 Å². The molecule has 2 bridgehead atoms. The molecule has 9 heteroatoms. The van der Waals surface area contributed by atoms with Crippen LogP contribution in [0.1, 0.15) is 43.6 Å². The zero-order valence-corrected chi connectivity index (χ0v) is 17.8. The monoisotopic (exact) mass is 443 g/mol. The van der Waals surface area contributed by atoms with Crippen LogP contribution in [0.25, 0.3) is 22.4 Å². The van der Waals surface area contributed by atoms with Gasteiger partial charge in [0.15, 0.2) is 17.5 Å². The van der Waals surface area contributed by atoms with Gasteiger partial charge in [0.05, 0.1) is 17.5 Å². The zero-order valence-electron chi connectivity index (χ0n) is 20.8. The Morgan fingerprint density at radius 3 is 2.50 bits per heavy atom. The van der Waals surface area contributed by atoms with Crippen LogP contribution in [0.2, 0.25) is 0 Å². The lowest BCUT2D eigenvalue weighted by atomic mass is 9.84. The van der Waals surface area contributed by atoms with Crippen LogP contribution in [0.3, 0.4) is 0 Å². The molecule has 168 valence electrons. The maximum absolute atomic E-state index is 15.0. The normalized spacial score (nSPS) is 28.8. The summed E-state index contributed by atoms with van der Waals surface area (Å²) >= 11 is 0. The van der Waals surface area contributed by atoms with E-state index in [0.717, 1.165) is 18.9 Å². The number of aromatic amines is 1. The van der Waals surface area contributed by atoms with Crippen LogP contribution in [0, 0.1) is 11.6 Å². The molecule has 32 heavy (non-hydrogen) atoms. The molecule has 3 aromatic rings. The molecule has 0 radical (unpaired) electrons. The van der Waals surface area contributed by atoms with Crippen LogP contribution >= 0.6 is 0 Å². The molecule has 1 unspecified atom stereocenters. The molecule has 0 saturated carbocycles. The summed E-state index contributed by atoms with van der Waals surface area (Å²) in [4.78, 5) is 1.30. The number of phenols is 1. The summed E-state index contributed by atoms with van der Waals surface area (Å²) in [5, 5.41) is 28.4. The highest BCUT2D eigenvalue weighted by Gasteiger charge is 2.49. The van der Waals surface area contributed by atoms with Gasteiger partial charge in [0.2, 0.25) is 0 Å². The number of aromatic nitrogens is 4. The third kappa shape index (κ3) is 3.40. The highest BCUT2D eigenvalue weighted by Crippen LogP contribution is 2.44. The third-order valence-corrected chi connectivity index (χ3v) is 6.72. The van der Waals surface area contributed by atoms with Crippen LogP contribution in [0.15, 0.2) is 30.6 Å². The summed E-state index contributed by atoms with van der Waals surface area (Å²) in [7, 11) is 0. The Balaban J connectivity index is 1.50. The number of nitrogens with zero attached hydrogens (tertiary/aromatic N) is 4. The van der Waals surface area contributed by atoms with E-state index in [1.54, 1.807) is 0 Å². The number of halogens is 2. The molecule has 5 rings (SSSR count). The molecule has 2 aromatic heterocycles. The Bertz CT molecular complexity index is 1240. The molecule has 4 heterocycles. The van der Waals surface area contributed by atoms with Gasteiger partial charge in [-0.05, 0) is 57.7 Å². The second kappa shape index (κ2) is 7.23. The van der Waals surface area contributed by atoms with E-state index >= 15 is 0 Å². The fourth-order valence-electron chi connectivity index (χ4n) is 5.25. The molecule has 1 aromatic carbocycles. The number of hydrogen-bond acceptors (Lipinski definition) is 6. The van der Waals surface area contributed by atoms with E-state index in [-0.39, 0.29) is 39.8 Å². The minimum Gasteiger partial charge on any atom is -0.507 e. The summed E-state index contributed by atoms with van der Waals surface area (Å²) in [6.07, 6.45) is 5.85. The topological polar surface area (TPSA) is 90.0 Å². The zero-order chi connectivity index (χ0) is 25.2. The van der Waals surface area contributed by atoms with Gasteiger partial charge in [0, 0.05) is 45.5 Å². The van der Waals surface area contributed by atoms with E-state index < -0.39 is 29.9 Å². The molecule has 2 saturated heterocycles. The van der Waals surface area contributed by atoms with Gasteiger partial charge in [-0.2, -0.15) is 5.10 Å². The van der Waals surface area contributed by atoms with Gasteiger partial charge in [-0.25, -0.2) is 8.78 Å². The molecule has 0 amide bonds. The van der Waals surface area contributed by atoms with Crippen LogP contribution < -0.4 is 10.2 Å². The number of H-pyrrole nitrogens is 1. The Kier molecular flexibility index (Phi) is 3.95. The maximum Gasteiger partial charge on any atom is 0.172 e. The lowest BCUT2D eigenvalue weighted by Crippen LogP contribution is -2.58. The van der Waals surface area contributed by atoms with Crippen molar-refractivity contribution >= 4 is 5.82 Å². The second-order valence-electron chi connectivity index (χ2n) is 9.39. The first-order valence-corrected chi connectivity index (χ1v) is 10.5. The Hall–Kier alpha value is -3.07. The first kappa shape index (κ1) is 17.5. The maximum atomic E-state index is 15.0. The van der Waals surface area contributed by atoms with Crippen LogP contribution in [0.5, 0.6) is 5.75 Å². The van der Waals surface area contributed by atoms with Crippen LogP contribution in [-0.4, -0.2) is 49.6 Å². The van der Waals surface area contributed by atoms with Crippen molar-refractivity contribution < 1.29 is 18.0 Å². The highest BCUT2D eigenvalue weighted by atomic mass is 19.2. The molecule has 3 N–H and O–H groups in total. The number of aromatic hydroxyl groups is 1. The molecule has 7 nitrogen and oxygen atoms in total. The molecular formula is C23H26F2N6O. The number of benzene rings is 1.